The van der Waals surface area contributed by atoms with Gasteiger partial charge in [-0.1, -0.05) is 99.9 Å². The lowest BCUT2D eigenvalue weighted by molar-refractivity contribution is 0.0877. The highest BCUT2D eigenvalue weighted by molar-refractivity contribution is 6.96. The molecule has 0 fully saturated rings. The molecule has 0 saturated heterocycles. The van der Waals surface area contributed by atoms with Crippen molar-refractivity contribution in [2.75, 3.05) is 0 Å². The minimum atomic E-state index is -1.61. The first kappa shape index (κ1) is 18.2. The van der Waals surface area contributed by atoms with E-state index in [9.17, 15) is 5.11 Å². The molecule has 0 saturated carbocycles. The summed E-state index contributed by atoms with van der Waals surface area (Å²) in [6.45, 7) is 14.4. The summed E-state index contributed by atoms with van der Waals surface area (Å²) in [6, 6.07) is 20.5. The lowest BCUT2D eigenvalue weighted by Gasteiger charge is -2.49. The van der Waals surface area contributed by atoms with E-state index in [1.165, 1.54) is 0 Å². The van der Waals surface area contributed by atoms with Gasteiger partial charge in [-0.3, -0.25) is 0 Å². The second-order valence-corrected chi connectivity index (χ2v) is 19.9. The normalized spacial score (nSPS) is 13.4. The predicted octanol–water partition coefficient (Wildman–Crippen LogP) is 5.51. The van der Waals surface area contributed by atoms with Crippen LogP contribution in [0, 0.1) is 0 Å². The first-order valence-electron chi connectivity index (χ1n) is 8.41. The topological polar surface area (TPSA) is 20.2 Å². The van der Waals surface area contributed by atoms with Gasteiger partial charge < -0.3 is 5.11 Å². The standard InChI is InChI=1S/C20H30OSi2/c1-22(2,3)19(23(4,5)6)20(21,17-13-9-7-10-14-17)18-15-11-8-12-16-18/h7-16,19,21H,1-6H3. The van der Waals surface area contributed by atoms with Gasteiger partial charge in [0.2, 0.25) is 0 Å². The summed E-state index contributed by atoms with van der Waals surface area (Å²) in [5.74, 6) is 0. The van der Waals surface area contributed by atoms with Crippen molar-refractivity contribution in [3.05, 3.63) is 71.8 Å². The molecule has 0 bridgehead atoms. The summed E-state index contributed by atoms with van der Waals surface area (Å²) < 4.78 is 0. The van der Waals surface area contributed by atoms with Crippen LogP contribution in [0.15, 0.2) is 60.7 Å². The summed E-state index contributed by atoms with van der Waals surface area (Å²) in [5.41, 5.74) is 1.15. The van der Waals surface area contributed by atoms with Crippen molar-refractivity contribution in [1.29, 1.82) is 0 Å². The Hall–Kier alpha value is -1.17. The smallest absolute Gasteiger partial charge is 0.113 e. The van der Waals surface area contributed by atoms with Gasteiger partial charge in [0.15, 0.2) is 0 Å². The Morgan fingerprint density at radius 3 is 1.22 bits per heavy atom. The van der Waals surface area contributed by atoms with Crippen LogP contribution in [0.5, 0.6) is 0 Å². The number of hydrogen-bond acceptors (Lipinski definition) is 1. The van der Waals surface area contributed by atoms with Crippen LogP contribution in [0.2, 0.25) is 44.4 Å². The predicted molar refractivity (Wildman–Crippen MR) is 106 cm³/mol. The fourth-order valence-corrected chi connectivity index (χ4v) is 18.0. The summed E-state index contributed by atoms with van der Waals surface area (Å²) in [6.07, 6.45) is 0. The second-order valence-electron chi connectivity index (χ2n) is 8.66. The molecule has 23 heavy (non-hydrogen) atoms. The molecule has 0 amide bonds. The van der Waals surface area contributed by atoms with Crippen LogP contribution in [-0.4, -0.2) is 21.3 Å². The molecule has 1 N–H and O–H groups in total. The van der Waals surface area contributed by atoms with Gasteiger partial charge in [-0.05, 0) is 16.3 Å². The van der Waals surface area contributed by atoms with Gasteiger partial charge in [-0.25, -0.2) is 0 Å². The van der Waals surface area contributed by atoms with Gasteiger partial charge in [-0.2, -0.15) is 0 Å². The maximum Gasteiger partial charge on any atom is 0.113 e. The van der Waals surface area contributed by atoms with Crippen molar-refractivity contribution in [3.63, 3.8) is 0 Å². The Bertz CT molecular complexity index is 571. The molecule has 0 aliphatic rings. The highest BCUT2D eigenvalue weighted by atomic mass is 28.4. The first-order valence-corrected chi connectivity index (χ1v) is 15.6. The van der Waals surface area contributed by atoms with Crippen molar-refractivity contribution in [3.8, 4) is 0 Å². The molecule has 0 atom stereocenters. The van der Waals surface area contributed by atoms with E-state index < -0.39 is 21.7 Å². The Morgan fingerprint density at radius 2 is 0.957 bits per heavy atom. The summed E-state index contributed by atoms with van der Waals surface area (Å²) >= 11 is 0. The molecule has 0 radical (unpaired) electrons. The van der Waals surface area contributed by atoms with E-state index in [0.717, 1.165) is 11.1 Å². The third-order valence-electron chi connectivity index (χ3n) is 4.58. The minimum absolute atomic E-state index is 0.326. The molecule has 2 aromatic carbocycles. The largest absolute Gasteiger partial charge is 0.381 e. The third kappa shape index (κ3) is 3.68. The molecule has 3 heteroatoms. The van der Waals surface area contributed by atoms with Crippen molar-refractivity contribution < 1.29 is 5.11 Å². The van der Waals surface area contributed by atoms with E-state index >= 15 is 0 Å². The SMILES string of the molecule is C[Si](C)(C)C(C(O)(c1ccccc1)c1ccccc1)[Si](C)(C)C. The zero-order chi connectivity index (χ0) is 17.3. The maximum absolute atomic E-state index is 12.2. The van der Waals surface area contributed by atoms with Gasteiger partial charge in [0.1, 0.15) is 5.60 Å². The quantitative estimate of drug-likeness (QED) is 0.710. The van der Waals surface area contributed by atoms with E-state index in [-0.39, 0.29) is 0 Å². The van der Waals surface area contributed by atoms with Gasteiger partial charge in [-0.15, -0.1) is 0 Å². The Balaban J connectivity index is 2.77. The van der Waals surface area contributed by atoms with E-state index in [1.807, 2.05) is 36.4 Å². The Labute approximate surface area is 143 Å². The van der Waals surface area contributed by atoms with Gasteiger partial charge in [0.25, 0.3) is 0 Å². The summed E-state index contributed by atoms with van der Waals surface area (Å²) in [4.78, 5) is 0. The van der Waals surface area contributed by atoms with Crippen molar-refractivity contribution in [1.82, 2.24) is 0 Å². The van der Waals surface area contributed by atoms with Crippen LogP contribution in [0.4, 0.5) is 0 Å². The van der Waals surface area contributed by atoms with Crippen LogP contribution in [0.3, 0.4) is 0 Å². The van der Waals surface area contributed by atoms with Crippen molar-refractivity contribution in [2.45, 2.75) is 50.0 Å². The number of rotatable bonds is 5. The van der Waals surface area contributed by atoms with Crippen molar-refractivity contribution >= 4 is 16.1 Å². The highest BCUT2D eigenvalue weighted by Gasteiger charge is 2.52. The molecule has 2 rings (SSSR count). The third-order valence-corrected chi connectivity index (χ3v) is 14.1. The van der Waals surface area contributed by atoms with Gasteiger partial charge >= 0.3 is 0 Å². The van der Waals surface area contributed by atoms with E-state index in [0.29, 0.717) is 5.16 Å². The summed E-state index contributed by atoms with van der Waals surface area (Å²) in [5, 5.41) is 12.5. The average Bonchev–Trinajstić information content (AvgIpc) is 2.46. The van der Waals surface area contributed by atoms with Crippen LogP contribution in [-0.2, 0) is 5.60 Å². The molecule has 0 aliphatic carbocycles. The van der Waals surface area contributed by atoms with Crippen LogP contribution in [0.1, 0.15) is 11.1 Å². The number of benzene rings is 2. The van der Waals surface area contributed by atoms with Crippen LogP contribution >= 0.6 is 0 Å². The van der Waals surface area contributed by atoms with Crippen LogP contribution in [0.25, 0.3) is 0 Å². The molecule has 0 heterocycles. The fourth-order valence-electron chi connectivity index (χ4n) is 4.44. The zero-order valence-electron chi connectivity index (χ0n) is 15.3. The van der Waals surface area contributed by atoms with E-state index in [4.69, 9.17) is 0 Å². The monoisotopic (exact) mass is 342 g/mol. The molecule has 0 unspecified atom stereocenters. The second kappa shape index (κ2) is 6.38. The molecular formula is C20H30OSi2. The molecule has 0 aromatic heterocycles. The first-order chi connectivity index (χ1) is 10.6. The average molecular weight is 343 g/mol. The van der Waals surface area contributed by atoms with E-state index in [1.54, 1.807) is 0 Å². The maximum atomic E-state index is 12.2. The number of hydrogen-bond donors (Lipinski definition) is 1. The fraction of sp³-hybridized carbons (Fsp3) is 0.400. The lowest BCUT2D eigenvalue weighted by atomic mass is 9.87. The Kier molecular flexibility index (Phi) is 5.04. The molecular weight excluding hydrogens is 312 g/mol. The molecule has 1 nitrogen and oxygen atoms in total. The highest BCUT2D eigenvalue weighted by Crippen LogP contribution is 2.50. The Morgan fingerprint density at radius 1 is 0.652 bits per heavy atom. The zero-order valence-corrected chi connectivity index (χ0v) is 17.3. The number of aliphatic hydroxyl groups is 1. The lowest BCUT2D eigenvalue weighted by Crippen LogP contribution is -2.55. The van der Waals surface area contributed by atoms with Gasteiger partial charge in [0.05, 0.1) is 0 Å². The van der Waals surface area contributed by atoms with Crippen LogP contribution < -0.4 is 0 Å². The summed E-state index contributed by atoms with van der Waals surface area (Å²) in [7, 11) is -3.22. The van der Waals surface area contributed by atoms with E-state index in [2.05, 4.69) is 63.5 Å². The van der Waals surface area contributed by atoms with Gasteiger partial charge in [0, 0.05) is 16.1 Å². The minimum Gasteiger partial charge on any atom is -0.381 e. The van der Waals surface area contributed by atoms with Crippen molar-refractivity contribution in [2.24, 2.45) is 0 Å². The molecule has 0 spiro atoms. The molecule has 124 valence electrons. The molecule has 0 aliphatic heterocycles. The molecule has 2 aromatic rings.